The molecule has 2 aromatic heterocycles. The number of nitrogens with zero attached hydrogens (tertiary/aromatic N) is 2. The number of aromatic amines is 1. The third-order valence-corrected chi connectivity index (χ3v) is 1.83. The molecule has 0 aliphatic carbocycles. The van der Waals surface area contributed by atoms with E-state index in [-0.39, 0.29) is 5.95 Å². The minimum atomic E-state index is -1.17. The van der Waals surface area contributed by atoms with Crippen molar-refractivity contribution in [2.24, 2.45) is 0 Å². The molecule has 3 N–H and O–H groups in total. The fourth-order valence-corrected chi connectivity index (χ4v) is 1.25. The molecule has 2 rings (SSSR count). The average Bonchev–Trinajstić information content (AvgIpc) is 2.50. The van der Waals surface area contributed by atoms with Crippen molar-refractivity contribution in [1.82, 2.24) is 15.0 Å². The number of rotatable bonds is 1. The Morgan fingerprint density at radius 3 is 3.07 bits per heavy atom. The van der Waals surface area contributed by atoms with Crippen LogP contribution in [0.5, 0.6) is 0 Å². The second kappa shape index (κ2) is 2.99. The highest BCUT2D eigenvalue weighted by Gasteiger charge is 2.06. The van der Waals surface area contributed by atoms with Gasteiger partial charge in [-0.2, -0.15) is 4.98 Å². The third kappa shape index (κ3) is 1.37. The lowest BCUT2D eigenvalue weighted by Crippen LogP contribution is -2.10. The lowest BCUT2D eigenvalue weighted by molar-refractivity contribution is 0.209. The zero-order valence-corrected chi connectivity index (χ0v) is 7.40. The quantitative estimate of drug-likeness (QED) is 0.636. The summed E-state index contributed by atoms with van der Waals surface area (Å²) in [5.74, 6) is 0.0879. The number of aromatic nitrogens is 3. The number of nitrogens with one attached hydrogen (secondary N) is 2. The number of aryl methyl sites for hydroxylation is 1. The van der Waals surface area contributed by atoms with Gasteiger partial charge in [0.1, 0.15) is 5.65 Å². The van der Waals surface area contributed by atoms with Crippen molar-refractivity contribution in [3.63, 3.8) is 0 Å². The number of carbonyl (C=O) groups is 1. The molecule has 6 nitrogen and oxygen atoms in total. The van der Waals surface area contributed by atoms with Crippen LogP contribution in [0.1, 0.15) is 5.69 Å². The number of hydrogen-bond acceptors (Lipinski definition) is 3. The lowest BCUT2D eigenvalue weighted by Gasteiger charge is -2.00. The van der Waals surface area contributed by atoms with E-state index in [1.165, 1.54) is 0 Å². The van der Waals surface area contributed by atoms with Gasteiger partial charge in [-0.3, -0.25) is 5.32 Å². The van der Waals surface area contributed by atoms with Gasteiger partial charge in [-0.25, -0.2) is 9.78 Å². The summed E-state index contributed by atoms with van der Waals surface area (Å²) in [7, 11) is 0. The minimum absolute atomic E-state index is 0.0879. The molecule has 0 atom stereocenters. The summed E-state index contributed by atoms with van der Waals surface area (Å²) < 4.78 is 0. The van der Waals surface area contributed by atoms with Crippen LogP contribution in [-0.4, -0.2) is 26.2 Å². The highest BCUT2D eigenvalue weighted by atomic mass is 16.4. The van der Waals surface area contributed by atoms with Crippen LogP contribution >= 0.6 is 0 Å². The zero-order valence-electron chi connectivity index (χ0n) is 7.40. The van der Waals surface area contributed by atoms with Crippen LogP contribution in [0.25, 0.3) is 11.0 Å². The van der Waals surface area contributed by atoms with Gasteiger partial charge in [-0.15, -0.1) is 0 Å². The molecular weight excluding hydrogens is 184 g/mol. The summed E-state index contributed by atoms with van der Waals surface area (Å²) in [6, 6.07) is 1.84. The first kappa shape index (κ1) is 8.49. The summed E-state index contributed by atoms with van der Waals surface area (Å²) >= 11 is 0. The average molecular weight is 192 g/mol. The van der Waals surface area contributed by atoms with E-state index in [4.69, 9.17) is 5.11 Å². The second-order valence-electron chi connectivity index (χ2n) is 2.80. The van der Waals surface area contributed by atoms with Crippen molar-refractivity contribution >= 4 is 23.1 Å². The number of H-pyrrole nitrogens is 1. The lowest BCUT2D eigenvalue weighted by atomic mass is 10.3. The summed E-state index contributed by atoms with van der Waals surface area (Å²) in [5.41, 5.74) is 1.36. The van der Waals surface area contributed by atoms with Crippen LogP contribution in [0.2, 0.25) is 0 Å². The SMILES string of the molecule is Cc1nc(NC(=O)O)nc2[nH]ccc12. The van der Waals surface area contributed by atoms with Crippen molar-refractivity contribution in [2.75, 3.05) is 5.32 Å². The third-order valence-electron chi connectivity index (χ3n) is 1.83. The topological polar surface area (TPSA) is 90.9 Å². The standard InChI is InChI=1S/C8H8N4O2/c1-4-5-2-3-9-6(5)11-7(10-4)12-8(13)14/h2-3H,1H3,(H,13,14)(H2,9,10,11,12). The Labute approximate surface area is 79.0 Å². The van der Waals surface area contributed by atoms with Crippen molar-refractivity contribution in [3.8, 4) is 0 Å². The van der Waals surface area contributed by atoms with E-state index in [9.17, 15) is 4.79 Å². The Morgan fingerprint density at radius 2 is 2.36 bits per heavy atom. The van der Waals surface area contributed by atoms with Gasteiger partial charge in [-0.1, -0.05) is 0 Å². The number of amides is 1. The fourth-order valence-electron chi connectivity index (χ4n) is 1.25. The monoisotopic (exact) mass is 192 g/mol. The molecule has 0 aromatic carbocycles. The van der Waals surface area contributed by atoms with Gasteiger partial charge < -0.3 is 10.1 Å². The Balaban J connectivity index is 2.53. The molecule has 0 fully saturated rings. The smallest absolute Gasteiger partial charge is 0.411 e. The Bertz CT molecular complexity index is 491. The first-order valence-corrected chi connectivity index (χ1v) is 3.98. The predicted octanol–water partition coefficient (Wildman–Crippen LogP) is 1.36. The maximum Gasteiger partial charge on any atom is 0.411 e. The molecule has 2 aromatic rings. The van der Waals surface area contributed by atoms with Crippen LogP contribution in [0, 0.1) is 6.92 Å². The number of carboxylic acid groups (broad SMARTS) is 1. The molecule has 1 amide bonds. The molecule has 0 aliphatic heterocycles. The van der Waals surface area contributed by atoms with E-state index in [1.807, 2.05) is 6.07 Å². The normalized spacial score (nSPS) is 10.4. The molecule has 0 aliphatic rings. The second-order valence-corrected chi connectivity index (χ2v) is 2.80. The first-order valence-electron chi connectivity index (χ1n) is 3.98. The van der Waals surface area contributed by atoms with Crippen molar-refractivity contribution in [3.05, 3.63) is 18.0 Å². The summed E-state index contributed by atoms with van der Waals surface area (Å²) in [6.07, 6.45) is 0.562. The molecule has 0 unspecified atom stereocenters. The van der Waals surface area contributed by atoms with Crippen LogP contribution < -0.4 is 5.32 Å². The van der Waals surface area contributed by atoms with Gasteiger partial charge in [0.25, 0.3) is 0 Å². The molecule has 6 heteroatoms. The first-order chi connectivity index (χ1) is 6.66. The Morgan fingerprint density at radius 1 is 1.57 bits per heavy atom. The molecule has 72 valence electrons. The van der Waals surface area contributed by atoms with E-state index in [2.05, 4.69) is 20.3 Å². The zero-order chi connectivity index (χ0) is 10.1. The highest BCUT2D eigenvalue weighted by molar-refractivity contribution is 5.84. The Kier molecular flexibility index (Phi) is 1.81. The number of hydrogen-bond donors (Lipinski definition) is 3. The van der Waals surface area contributed by atoms with Gasteiger partial charge in [0.15, 0.2) is 0 Å². The van der Waals surface area contributed by atoms with Crippen molar-refractivity contribution in [2.45, 2.75) is 6.92 Å². The summed E-state index contributed by atoms with van der Waals surface area (Å²) in [6.45, 7) is 1.80. The minimum Gasteiger partial charge on any atom is -0.465 e. The van der Waals surface area contributed by atoms with Gasteiger partial charge >= 0.3 is 6.09 Å². The van der Waals surface area contributed by atoms with Crippen LogP contribution in [0.4, 0.5) is 10.7 Å². The molecule has 14 heavy (non-hydrogen) atoms. The maximum absolute atomic E-state index is 10.4. The number of anilines is 1. The summed E-state index contributed by atoms with van der Waals surface area (Å²) in [4.78, 5) is 21.2. The van der Waals surface area contributed by atoms with E-state index in [0.717, 1.165) is 11.1 Å². The van der Waals surface area contributed by atoms with Gasteiger partial charge in [0, 0.05) is 11.6 Å². The summed E-state index contributed by atoms with van der Waals surface area (Å²) in [5, 5.41) is 11.5. The van der Waals surface area contributed by atoms with Crippen LogP contribution in [0.15, 0.2) is 12.3 Å². The molecule has 0 saturated carbocycles. The van der Waals surface area contributed by atoms with Gasteiger partial charge in [0.2, 0.25) is 5.95 Å². The molecule has 0 radical (unpaired) electrons. The van der Waals surface area contributed by atoms with E-state index in [1.54, 1.807) is 13.1 Å². The van der Waals surface area contributed by atoms with E-state index in [0.29, 0.717) is 5.65 Å². The van der Waals surface area contributed by atoms with Gasteiger partial charge in [-0.05, 0) is 13.0 Å². The number of fused-ring (bicyclic) bond motifs is 1. The van der Waals surface area contributed by atoms with Crippen LogP contribution in [-0.2, 0) is 0 Å². The van der Waals surface area contributed by atoms with E-state index < -0.39 is 6.09 Å². The molecule has 0 saturated heterocycles. The van der Waals surface area contributed by atoms with Crippen molar-refractivity contribution in [1.29, 1.82) is 0 Å². The molecule has 0 spiro atoms. The predicted molar refractivity (Wildman–Crippen MR) is 50.3 cm³/mol. The van der Waals surface area contributed by atoms with E-state index >= 15 is 0 Å². The molecule has 2 heterocycles. The van der Waals surface area contributed by atoms with Crippen LogP contribution in [0.3, 0.4) is 0 Å². The molecular formula is C8H8N4O2. The van der Waals surface area contributed by atoms with Crippen molar-refractivity contribution < 1.29 is 9.90 Å². The van der Waals surface area contributed by atoms with Gasteiger partial charge in [0.05, 0.1) is 5.69 Å². The largest absolute Gasteiger partial charge is 0.465 e. The fraction of sp³-hybridized carbons (Fsp3) is 0.125. The highest BCUT2D eigenvalue weighted by Crippen LogP contribution is 2.14. The Hall–Kier alpha value is -2.11. The maximum atomic E-state index is 10.4. The molecule has 0 bridgehead atoms.